The van der Waals surface area contributed by atoms with E-state index in [0.717, 1.165) is 6.42 Å². The second kappa shape index (κ2) is 7.24. The van der Waals surface area contributed by atoms with Crippen LogP contribution in [-0.2, 0) is 0 Å². The summed E-state index contributed by atoms with van der Waals surface area (Å²) < 4.78 is 0. The van der Waals surface area contributed by atoms with Crippen LogP contribution in [0, 0.1) is 17.8 Å². The van der Waals surface area contributed by atoms with E-state index in [9.17, 15) is 4.79 Å². The van der Waals surface area contributed by atoms with Crippen LogP contribution in [0.15, 0.2) is 18.3 Å². The van der Waals surface area contributed by atoms with Crippen LogP contribution >= 0.6 is 0 Å². The Hall–Kier alpha value is -1.86. The number of aliphatic hydroxyl groups is 1. The second-order valence-corrected chi connectivity index (χ2v) is 5.64. The monoisotopic (exact) mass is 286 g/mol. The van der Waals surface area contributed by atoms with Gasteiger partial charge in [0, 0.05) is 24.8 Å². The molecule has 4 nitrogen and oxygen atoms in total. The first-order valence-electron chi connectivity index (χ1n) is 7.46. The minimum Gasteiger partial charge on any atom is -0.384 e. The zero-order valence-corrected chi connectivity index (χ0v) is 12.7. The maximum Gasteiger partial charge on any atom is 0.272 e. The summed E-state index contributed by atoms with van der Waals surface area (Å²) >= 11 is 0. The summed E-state index contributed by atoms with van der Waals surface area (Å²) in [7, 11) is 1.87. The molecule has 0 aliphatic heterocycles. The lowest BCUT2D eigenvalue weighted by Gasteiger charge is -2.36. The molecule has 2 rings (SSSR count). The van der Waals surface area contributed by atoms with Gasteiger partial charge in [0.05, 0.1) is 0 Å². The third kappa shape index (κ3) is 3.83. The maximum atomic E-state index is 12.5. The van der Waals surface area contributed by atoms with E-state index in [4.69, 9.17) is 5.11 Å². The van der Waals surface area contributed by atoms with Gasteiger partial charge < -0.3 is 10.0 Å². The Morgan fingerprint density at radius 1 is 1.43 bits per heavy atom. The molecule has 0 radical (unpaired) electrons. The molecule has 1 aliphatic carbocycles. The normalized spacial score (nSPS) is 21.3. The van der Waals surface area contributed by atoms with Crippen LogP contribution in [0.25, 0.3) is 0 Å². The van der Waals surface area contributed by atoms with Gasteiger partial charge in [-0.05, 0) is 30.9 Å². The molecule has 0 saturated heterocycles. The first-order valence-corrected chi connectivity index (χ1v) is 7.46. The van der Waals surface area contributed by atoms with Crippen molar-refractivity contribution in [2.45, 2.75) is 38.6 Å². The van der Waals surface area contributed by atoms with Crippen LogP contribution in [0.1, 0.15) is 48.7 Å². The quantitative estimate of drug-likeness (QED) is 0.847. The van der Waals surface area contributed by atoms with E-state index in [1.807, 2.05) is 11.9 Å². The highest BCUT2D eigenvalue weighted by Crippen LogP contribution is 2.28. The van der Waals surface area contributed by atoms with Gasteiger partial charge in [-0.3, -0.25) is 4.79 Å². The Morgan fingerprint density at radius 3 is 2.81 bits per heavy atom. The minimum atomic E-state index is -0.178. The van der Waals surface area contributed by atoms with E-state index in [2.05, 4.69) is 23.7 Å². The zero-order valence-electron chi connectivity index (χ0n) is 12.7. The fraction of sp³-hybridized carbons (Fsp3) is 0.529. The molecule has 1 saturated carbocycles. The summed E-state index contributed by atoms with van der Waals surface area (Å²) in [5.74, 6) is 5.85. The van der Waals surface area contributed by atoms with Gasteiger partial charge >= 0.3 is 0 Å². The van der Waals surface area contributed by atoms with Gasteiger partial charge in [0.15, 0.2) is 0 Å². The number of carbonyl (C=O) groups excluding carboxylic acids is 1. The molecule has 1 aromatic rings. The SMILES string of the molecule is CC1CCCCC1N(C)C(=O)c1ccc(C#CCO)cn1. The summed E-state index contributed by atoms with van der Waals surface area (Å²) in [5, 5.41) is 8.66. The second-order valence-electron chi connectivity index (χ2n) is 5.64. The molecule has 2 atom stereocenters. The van der Waals surface area contributed by atoms with Crippen LogP contribution < -0.4 is 0 Å². The van der Waals surface area contributed by atoms with Crippen molar-refractivity contribution in [1.29, 1.82) is 0 Å². The Bertz CT molecular complexity index is 542. The lowest BCUT2D eigenvalue weighted by Crippen LogP contribution is -2.42. The van der Waals surface area contributed by atoms with E-state index in [1.54, 1.807) is 18.3 Å². The van der Waals surface area contributed by atoms with Crippen molar-refractivity contribution in [2.75, 3.05) is 13.7 Å². The lowest BCUT2D eigenvalue weighted by atomic mass is 9.85. The number of carbonyl (C=O) groups is 1. The van der Waals surface area contributed by atoms with Crippen LogP contribution in [0.2, 0.25) is 0 Å². The molecule has 1 fully saturated rings. The Morgan fingerprint density at radius 2 is 2.19 bits per heavy atom. The van der Waals surface area contributed by atoms with Gasteiger partial charge in [0.25, 0.3) is 5.91 Å². The largest absolute Gasteiger partial charge is 0.384 e. The third-order valence-corrected chi connectivity index (χ3v) is 4.18. The predicted octanol–water partition coefficient (Wildman–Crippen LogP) is 2.08. The molecule has 1 amide bonds. The summed E-state index contributed by atoms with van der Waals surface area (Å²) in [6.45, 7) is 2.04. The van der Waals surface area contributed by atoms with Crippen molar-refractivity contribution in [3.05, 3.63) is 29.6 Å². The summed E-state index contributed by atoms with van der Waals surface area (Å²) in [4.78, 5) is 18.5. The molecule has 0 aromatic carbocycles. The molecule has 1 aliphatic rings. The molecule has 1 aromatic heterocycles. The number of nitrogens with zero attached hydrogens (tertiary/aromatic N) is 2. The van der Waals surface area contributed by atoms with Crippen LogP contribution in [0.5, 0.6) is 0 Å². The van der Waals surface area contributed by atoms with Crippen LogP contribution in [0.3, 0.4) is 0 Å². The van der Waals surface area contributed by atoms with Crippen molar-refractivity contribution < 1.29 is 9.90 Å². The molecule has 1 N–H and O–H groups in total. The molecule has 112 valence electrons. The molecule has 0 bridgehead atoms. The third-order valence-electron chi connectivity index (χ3n) is 4.18. The van der Waals surface area contributed by atoms with E-state index < -0.39 is 0 Å². The molecular weight excluding hydrogens is 264 g/mol. The number of amides is 1. The van der Waals surface area contributed by atoms with Crippen LogP contribution in [-0.4, -0.2) is 40.6 Å². The fourth-order valence-corrected chi connectivity index (χ4v) is 2.94. The number of aliphatic hydroxyl groups excluding tert-OH is 1. The number of pyridine rings is 1. The number of rotatable bonds is 2. The standard InChI is InChI=1S/C17H22N2O2/c1-13-6-3-4-8-16(13)19(2)17(21)15-10-9-14(12-18-15)7-5-11-20/h9-10,12-13,16,20H,3-4,6,8,11H2,1-2H3. The van der Waals surface area contributed by atoms with Gasteiger partial charge in [-0.2, -0.15) is 0 Å². The summed E-state index contributed by atoms with van der Waals surface area (Å²) in [5.41, 5.74) is 1.15. The molecular formula is C17H22N2O2. The molecule has 4 heteroatoms. The highest BCUT2D eigenvalue weighted by Gasteiger charge is 2.28. The molecule has 2 unspecified atom stereocenters. The first kappa shape index (κ1) is 15.5. The lowest BCUT2D eigenvalue weighted by molar-refractivity contribution is 0.0623. The first-order chi connectivity index (χ1) is 10.1. The van der Waals surface area contributed by atoms with Gasteiger partial charge in [0.1, 0.15) is 12.3 Å². The molecule has 21 heavy (non-hydrogen) atoms. The number of hydrogen-bond donors (Lipinski definition) is 1. The van der Waals surface area contributed by atoms with Gasteiger partial charge in [-0.25, -0.2) is 4.98 Å². The van der Waals surface area contributed by atoms with Crippen molar-refractivity contribution in [2.24, 2.45) is 5.92 Å². The Labute approximate surface area is 126 Å². The molecule has 0 spiro atoms. The predicted molar refractivity (Wildman–Crippen MR) is 81.7 cm³/mol. The minimum absolute atomic E-state index is 0.0320. The fourth-order valence-electron chi connectivity index (χ4n) is 2.94. The highest BCUT2D eigenvalue weighted by atomic mass is 16.2. The highest BCUT2D eigenvalue weighted by molar-refractivity contribution is 5.92. The topological polar surface area (TPSA) is 53.4 Å². The number of aromatic nitrogens is 1. The van der Waals surface area contributed by atoms with Crippen molar-refractivity contribution >= 4 is 5.91 Å². The van der Waals surface area contributed by atoms with E-state index in [-0.39, 0.29) is 12.5 Å². The van der Waals surface area contributed by atoms with Gasteiger partial charge in [0.2, 0.25) is 0 Å². The number of hydrogen-bond acceptors (Lipinski definition) is 3. The Balaban J connectivity index is 2.08. The van der Waals surface area contributed by atoms with Gasteiger partial charge in [-0.15, -0.1) is 0 Å². The van der Waals surface area contributed by atoms with Crippen LogP contribution in [0.4, 0.5) is 0 Å². The van der Waals surface area contributed by atoms with E-state index in [0.29, 0.717) is 23.2 Å². The van der Waals surface area contributed by atoms with E-state index in [1.165, 1.54) is 19.3 Å². The molecule has 1 heterocycles. The van der Waals surface area contributed by atoms with E-state index >= 15 is 0 Å². The average molecular weight is 286 g/mol. The zero-order chi connectivity index (χ0) is 15.2. The van der Waals surface area contributed by atoms with Gasteiger partial charge in [-0.1, -0.05) is 31.6 Å². The summed E-state index contributed by atoms with van der Waals surface area (Å²) in [6.07, 6.45) is 6.29. The van der Waals surface area contributed by atoms with Crippen molar-refractivity contribution in [3.8, 4) is 11.8 Å². The van der Waals surface area contributed by atoms with Crippen molar-refractivity contribution in [1.82, 2.24) is 9.88 Å². The summed E-state index contributed by atoms with van der Waals surface area (Å²) in [6, 6.07) is 3.77. The average Bonchev–Trinajstić information content (AvgIpc) is 2.52. The maximum absolute atomic E-state index is 12.5. The Kier molecular flexibility index (Phi) is 5.35. The van der Waals surface area contributed by atoms with Crippen molar-refractivity contribution in [3.63, 3.8) is 0 Å². The smallest absolute Gasteiger partial charge is 0.272 e.